The molecular weight excluding hydrogens is 262 g/mol. The highest BCUT2D eigenvalue weighted by atomic mass is 16.5. The monoisotopic (exact) mass is 283 g/mol. The molecule has 0 amide bonds. The number of hydrogen-bond donors (Lipinski definition) is 1. The van der Waals surface area contributed by atoms with Crippen LogP contribution in [0.25, 0.3) is 11.1 Å². The molecule has 0 radical (unpaired) electrons. The van der Waals surface area contributed by atoms with E-state index in [1.54, 1.807) is 12.1 Å². The second kappa shape index (κ2) is 6.19. The molecule has 3 nitrogen and oxygen atoms in total. The van der Waals surface area contributed by atoms with E-state index in [1.165, 1.54) is 12.8 Å². The van der Waals surface area contributed by atoms with Crippen LogP contribution in [0.15, 0.2) is 48.5 Å². The molecule has 2 aromatic rings. The summed E-state index contributed by atoms with van der Waals surface area (Å²) < 4.78 is 5.90. The number of aromatic hydroxyl groups is 1. The van der Waals surface area contributed by atoms with Gasteiger partial charge in [-0.3, -0.25) is 0 Å². The number of phenols is 1. The fourth-order valence-corrected chi connectivity index (χ4v) is 2.85. The summed E-state index contributed by atoms with van der Waals surface area (Å²) in [5, 5.41) is 9.91. The summed E-state index contributed by atoms with van der Waals surface area (Å²) in [5.74, 6) is 0.972. The predicted octanol–water partition coefficient (Wildman–Crippen LogP) is 3.53. The Morgan fingerprint density at radius 2 is 1.95 bits per heavy atom. The molecule has 1 fully saturated rings. The van der Waals surface area contributed by atoms with Crippen LogP contribution in [0.3, 0.4) is 0 Å². The number of phenolic OH excluding ortho intramolecular Hbond substituents is 1. The van der Waals surface area contributed by atoms with Gasteiger partial charge in [-0.15, -0.1) is 0 Å². The highest BCUT2D eigenvalue weighted by Crippen LogP contribution is 2.29. The van der Waals surface area contributed by atoms with Gasteiger partial charge in [-0.25, -0.2) is 0 Å². The van der Waals surface area contributed by atoms with E-state index in [9.17, 15) is 5.11 Å². The van der Waals surface area contributed by atoms with Crippen LogP contribution in [0.5, 0.6) is 11.5 Å². The number of likely N-dealkylation sites (tertiary alicyclic amines) is 1. The van der Waals surface area contributed by atoms with Gasteiger partial charge in [0.15, 0.2) is 0 Å². The number of likely N-dealkylation sites (N-methyl/N-ethyl adjacent to an activating group) is 1. The van der Waals surface area contributed by atoms with Crippen LogP contribution in [0.4, 0.5) is 0 Å². The van der Waals surface area contributed by atoms with Crippen molar-refractivity contribution in [1.82, 2.24) is 4.90 Å². The summed E-state index contributed by atoms with van der Waals surface area (Å²) in [6, 6.07) is 16.0. The third-order valence-electron chi connectivity index (χ3n) is 4.11. The van der Waals surface area contributed by atoms with E-state index in [4.69, 9.17) is 4.74 Å². The van der Waals surface area contributed by atoms with Gasteiger partial charge in [0.1, 0.15) is 18.1 Å². The highest BCUT2D eigenvalue weighted by molar-refractivity contribution is 5.66. The molecule has 0 aliphatic carbocycles. The Kier molecular flexibility index (Phi) is 4.11. The van der Waals surface area contributed by atoms with Gasteiger partial charge < -0.3 is 14.7 Å². The number of rotatable bonds is 4. The largest absolute Gasteiger partial charge is 0.508 e. The fourth-order valence-electron chi connectivity index (χ4n) is 2.85. The number of benzene rings is 2. The van der Waals surface area contributed by atoms with E-state index in [1.807, 2.05) is 36.4 Å². The average molecular weight is 283 g/mol. The second-order valence-electron chi connectivity index (χ2n) is 5.67. The molecule has 0 spiro atoms. The molecular formula is C18H21NO2. The first-order valence-corrected chi connectivity index (χ1v) is 7.45. The second-order valence-corrected chi connectivity index (χ2v) is 5.67. The molecule has 110 valence electrons. The zero-order chi connectivity index (χ0) is 14.7. The molecule has 1 atom stereocenters. The lowest BCUT2D eigenvalue weighted by atomic mass is 10.1. The maximum Gasteiger partial charge on any atom is 0.123 e. The Balaban J connectivity index is 1.75. The molecule has 0 unspecified atom stereocenters. The third kappa shape index (κ3) is 3.37. The van der Waals surface area contributed by atoms with Crippen molar-refractivity contribution in [2.24, 2.45) is 0 Å². The molecule has 0 bridgehead atoms. The van der Waals surface area contributed by atoms with Crippen LogP contribution in [-0.4, -0.2) is 36.2 Å². The minimum absolute atomic E-state index is 0.242. The molecule has 0 saturated carbocycles. The highest BCUT2D eigenvalue weighted by Gasteiger charge is 2.21. The molecule has 1 saturated heterocycles. The topological polar surface area (TPSA) is 32.7 Å². The van der Waals surface area contributed by atoms with Crippen molar-refractivity contribution in [3.63, 3.8) is 0 Å². The van der Waals surface area contributed by atoms with Crippen LogP contribution >= 0.6 is 0 Å². The molecule has 1 N–H and O–H groups in total. The van der Waals surface area contributed by atoms with Crippen LogP contribution < -0.4 is 4.74 Å². The van der Waals surface area contributed by atoms with Gasteiger partial charge in [-0.05, 0) is 49.7 Å². The smallest absolute Gasteiger partial charge is 0.123 e. The van der Waals surface area contributed by atoms with Gasteiger partial charge in [0.05, 0.1) is 0 Å². The molecule has 0 aromatic heterocycles. The van der Waals surface area contributed by atoms with Gasteiger partial charge in [0, 0.05) is 12.1 Å². The zero-order valence-electron chi connectivity index (χ0n) is 12.3. The molecule has 1 heterocycles. The molecule has 21 heavy (non-hydrogen) atoms. The van der Waals surface area contributed by atoms with Crippen LogP contribution in [0, 0.1) is 0 Å². The maximum atomic E-state index is 9.91. The maximum absolute atomic E-state index is 9.91. The van der Waals surface area contributed by atoms with Crippen LogP contribution in [0.2, 0.25) is 0 Å². The van der Waals surface area contributed by atoms with E-state index in [0.29, 0.717) is 12.6 Å². The van der Waals surface area contributed by atoms with E-state index >= 15 is 0 Å². The number of ether oxygens (including phenoxy) is 1. The average Bonchev–Trinajstić information content (AvgIpc) is 2.91. The molecule has 3 heteroatoms. The lowest BCUT2D eigenvalue weighted by Gasteiger charge is -2.20. The SMILES string of the molecule is CN1CCC[C@H]1COc1cc(O)cc(-c2ccccc2)c1. The Hall–Kier alpha value is -2.00. The van der Waals surface area contributed by atoms with Crippen molar-refractivity contribution < 1.29 is 9.84 Å². The minimum Gasteiger partial charge on any atom is -0.508 e. The van der Waals surface area contributed by atoms with Crippen molar-refractivity contribution in [3.05, 3.63) is 48.5 Å². The summed E-state index contributed by atoms with van der Waals surface area (Å²) in [4.78, 5) is 2.33. The Morgan fingerprint density at radius 1 is 1.14 bits per heavy atom. The molecule has 1 aliphatic rings. The number of hydrogen-bond acceptors (Lipinski definition) is 3. The molecule has 2 aromatic carbocycles. The third-order valence-corrected chi connectivity index (χ3v) is 4.11. The van der Waals surface area contributed by atoms with Crippen LogP contribution in [-0.2, 0) is 0 Å². The normalized spacial score (nSPS) is 18.8. The van der Waals surface area contributed by atoms with Crippen molar-refractivity contribution in [2.75, 3.05) is 20.2 Å². The molecule has 3 rings (SSSR count). The van der Waals surface area contributed by atoms with Gasteiger partial charge in [-0.1, -0.05) is 30.3 Å². The Morgan fingerprint density at radius 3 is 2.67 bits per heavy atom. The van der Waals surface area contributed by atoms with Gasteiger partial charge in [0.25, 0.3) is 0 Å². The van der Waals surface area contributed by atoms with E-state index in [0.717, 1.165) is 23.4 Å². The first kappa shape index (κ1) is 14.0. The summed E-state index contributed by atoms with van der Waals surface area (Å²) in [6.07, 6.45) is 2.42. The molecule has 1 aliphatic heterocycles. The summed E-state index contributed by atoms with van der Waals surface area (Å²) >= 11 is 0. The number of nitrogens with zero attached hydrogens (tertiary/aromatic N) is 1. The minimum atomic E-state index is 0.242. The fraction of sp³-hybridized carbons (Fsp3) is 0.333. The van der Waals surface area contributed by atoms with Crippen molar-refractivity contribution >= 4 is 0 Å². The summed E-state index contributed by atoms with van der Waals surface area (Å²) in [7, 11) is 2.14. The first-order chi connectivity index (χ1) is 10.2. The van der Waals surface area contributed by atoms with Crippen molar-refractivity contribution in [3.8, 4) is 22.6 Å². The van der Waals surface area contributed by atoms with Crippen molar-refractivity contribution in [2.45, 2.75) is 18.9 Å². The lowest BCUT2D eigenvalue weighted by Crippen LogP contribution is -2.30. The lowest BCUT2D eigenvalue weighted by molar-refractivity contribution is 0.198. The van der Waals surface area contributed by atoms with Crippen molar-refractivity contribution in [1.29, 1.82) is 0 Å². The first-order valence-electron chi connectivity index (χ1n) is 7.45. The Bertz CT molecular complexity index is 597. The van der Waals surface area contributed by atoms with Gasteiger partial charge in [-0.2, -0.15) is 0 Å². The van der Waals surface area contributed by atoms with Gasteiger partial charge >= 0.3 is 0 Å². The zero-order valence-corrected chi connectivity index (χ0v) is 12.3. The standard InChI is InChI=1S/C18H21NO2/c1-19-9-5-8-16(19)13-21-18-11-15(10-17(20)12-18)14-6-3-2-4-7-14/h2-4,6-7,10-12,16,20H,5,8-9,13H2,1H3/t16-/m0/s1. The van der Waals surface area contributed by atoms with E-state index in [-0.39, 0.29) is 5.75 Å². The van der Waals surface area contributed by atoms with Crippen LogP contribution in [0.1, 0.15) is 12.8 Å². The van der Waals surface area contributed by atoms with Gasteiger partial charge in [0.2, 0.25) is 0 Å². The van der Waals surface area contributed by atoms with E-state index < -0.39 is 0 Å². The quantitative estimate of drug-likeness (QED) is 0.931. The summed E-state index contributed by atoms with van der Waals surface area (Å²) in [5.41, 5.74) is 2.06. The van der Waals surface area contributed by atoms with E-state index in [2.05, 4.69) is 11.9 Å². The Labute approximate surface area is 125 Å². The predicted molar refractivity (Wildman–Crippen MR) is 84.7 cm³/mol. The summed E-state index contributed by atoms with van der Waals surface area (Å²) in [6.45, 7) is 1.82.